The first kappa shape index (κ1) is 15.0. The highest BCUT2D eigenvalue weighted by molar-refractivity contribution is 5.67. The average molecular weight is 255 g/mol. The number of nitrogens with one attached hydrogen (secondary N) is 3. The Hall–Kier alpha value is -1.07. The van der Waals surface area contributed by atoms with Gasteiger partial charge in [0.1, 0.15) is 5.60 Å². The van der Waals surface area contributed by atoms with Gasteiger partial charge in [-0.1, -0.05) is 12.2 Å². The first-order valence-corrected chi connectivity index (χ1v) is 6.53. The third kappa shape index (κ3) is 7.29. The Bertz CT molecular complexity index is 278. The van der Waals surface area contributed by atoms with Crippen LogP contribution in [-0.4, -0.2) is 43.9 Å². The molecule has 1 aliphatic heterocycles. The van der Waals surface area contributed by atoms with Crippen LogP contribution in [-0.2, 0) is 4.74 Å². The molecule has 1 fully saturated rings. The van der Waals surface area contributed by atoms with Crippen molar-refractivity contribution >= 4 is 6.09 Å². The van der Waals surface area contributed by atoms with Crippen LogP contribution in [0.2, 0.25) is 0 Å². The summed E-state index contributed by atoms with van der Waals surface area (Å²) in [5.74, 6) is 0. The Morgan fingerprint density at radius 1 is 1.39 bits per heavy atom. The van der Waals surface area contributed by atoms with Gasteiger partial charge < -0.3 is 20.7 Å². The molecule has 5 nitrogen and oxygen atoms in total. The largest absolute Gasteiger partial charge is 0.444 e. The fourth-order valence-electron chi connectivity index (χ4n) is 1.69. The Balaban J connectivity index is 2.01. The molecule has 0 aliphatic carbocycles. The number of hydrogen-bond donors (Lipinski definition) is 3. The van der Waals surface area contributed by atoms with Crippen molar-refractivity contribution in [2.45, 2.75) is 38.8 Å². The van der Waals surface area contributed by atoms with Crippen molar-refractivity contribution in [3.63, 3.8) is 0 Å². The molecule has 18 heavy (non-hydrogen) atoms. The fraction of sp³-hybridized carbons (Fsp3) is 0.769. The molecular formula is C13H25N3O2. The smallest absolute Gasteiger partial charge is 0.407 e. The van der Waals surface area contributed by atoms with Crippen LogP contribution in [0.3, 0.4) is 0 Å². The van der Waals surface area contributed by atoms with Crippen LogP contribution in [0.5, 0.6) is 0 Å². The molecule has 104 valence electrons. The van der Waals surface area contributed by atoms with Crippen LogP contribution < -0.4 is 16.0 Å². The molecule has 1 saturated heterocycles. The van der Waals surface area contributed by atoms with Crippen LogP contribution in [0, 0.1) is 0 Å². The summed E-state index contributed by atoms with van der Waals surface area (Å²) in [5.41, 5.74) is -0.440. The predicted octanol–water partition coefficient (Wildman–Crippen LogP) is 1.02. The first-order valence-electron chi connectivity index (χ1n) is 6.53. The minimum absolute atomic E-state index is 0.375. The van der Waals surface area contributed by atoms with E-state index in [2.05, 4.69) is 16.0 Å². The molecule has 0 bridgehead atoms. The third-order valence-corrected chi connectivity index (χ3v) is 2.51. The van der Waals surface area contributed by atoms with Gasteiger partial charge in [-0.3, -0.25) is 0 Å². The normalized spacial score (nSPS) is 20.3. The number of carbonyl (C=O) groups is 1. The second-order valence-electron chi connectivity index (χ2n) is 5.45. The second kappa shape index (κ2) is 7.38. The van der Waals surface area contributed by atoms with E-state index in [4.69, 9.17) is 4.74 Å². The number of ether oxygens (including phenoxy) is 1. The maximum absolute atomic E-state index is 11.3. The lowest BCUT2D eigenvalue weighted by Gasteiger charge is -2.19. The summed E-state index contributed by atoms with van der Waals surface area (Å²) in [7, 11) is 0. The molecule has 0 aromatic carbocycles. The van der Waals surface area contributed by atoms with Crippen LogP contribution >= 0.6 is 0 Å². The summed E-state index contributed by atoms with van der Waals surface area (Å²) >= 11 is 0. The number of carbonyl (C=O) groups excluding carboxylic acids is 1. The molecule has 1 heterocycles. The molecule has 5 heteroatoms. The SMILES string of the molecule is CC(C)(C)OC(=O)NC/C=C/CNC1CCNC1. The number of hydrogen-bond acceptors (Lipinski definition) is 4. The second-order valence-corrected chi connectivity index (χ2v) is 5.45. The lowest BCUT2D eigenvalue weighted by Crippen LogP contribution is -2.33. The Kier molecular flexibility index (Phi) is 6.15. The highest BCUT2D eigenvalue weighted by atomic mass is 16.6. The Labute approximate surface area is 109 Å². The molecule has 3 N–H and O–H groups in total. The van der Waals surface area contributed by atoms with E-state index in [-0.39, 0.29) is 6.09 Å². The minimum atomic E-state index is -0.440. The molecule has 0 aromatic rings. The lowest BCUT2D eigenvalue weighted by molar-refractivity contribution is 0.0534. The van der Waals surface area contributed by atoms with Gasteiger partial charge in [-0.05, 0) is 33.7 Å². The van der Waals surface area contributed by atoms with Crippen molar-refractivity contribution < 1.29 is 9.53 Å². The predicted molar refractivity (Wildman–Crippen MR) is 72.7 cm³/mol. The van der Waals surface area contributed by atoms with E-state index in [0.717, 1.165) is 19.6 Å². The van der Waals surface area contributed by atoms with Crippen molar-refractivity contribution in [3.8, 4) is 0 Å². The number of alkyl carbamates (subject to hydrolysis) is 1. The zero-order valence-corrected chi connectivity index (χ0v) is 11.6. The highest BCUT2D eigenvalue weighted by Crippen LogP contribution is 2.06. The van der Waals surface area contributed by atoms with Gasteiger partial charge in [0, 0.05) is 25.7 Å². The van der Waals surface area contributed by atoms with Gasteiger partial charge in [0.15, 0.2) is 0 Å². The first-order chi connectivity index (χ1) is 8.47. The van der Waals surface area contributed by atoms with Crippen LogP contribution in [0.4, 0.5) is 4.79 Å². The van der Waals surface area contributed by atoms with Crippen LogP contribution in [0.15, 0.2) is 12.2 Å². The monoisotopic (exact) mass is 255 g/mol. The number of amides is 1. The molecule has 1 unspecified atom stereocenters. The topological polar surface area (TPSA) is 62.4 Å². The van der Waals surface area contributed by atoms with Gasteiger partial charge in [0.25, 0.3) is 0 Å². The molecule has 0 radical (unpaired) electrons. The van der Waals surface area contributed by atoms with Crippen molar-refractivity contribution in [1.29, 1.82) is 0 Å². The van der Waals surface area contributed by atoms with E-state index < -0.39 is 5.60 Å². The zero-order chi connectivity index (χ0) is 13.4. The highest BCUT2D eigenvalue weighted by Gasteiger charge is 2.15. The van der Waals surface area contributed by atoms with Crippen molar-refractivity contribution in [1.82, 2.24) is 16.0 Å². The molecule has 0 saturated carbocycles. The fourth-order valence-corrected chi connectivity index (χ4v) is 1.69. The quantitative estimate of drug-likeness (QED) is 0.642. The number of rotatable bonds is 5. The van der Waals surface area contributed by atoms with Gasteiger partial charge in [-0.25, -0.2) is 4.79 Å². The molecule has 0 spiro atoms. The summed E-state index contributed by atoms with van der Waals surface area (Å²) in [4.78, 5) is 11.3. The molecular weight excluding hydrogens is 230 g/mol. The van der Waals surface area contributed by atoms with Gasteiger partial charge >= 0.3 is 6.09 Å². The molecule has 1 aliphatic rings. The maximum atomic E-state index is 11.3. The van der Waals surface area contributed by atoms with Gasteiger partial charge in [-0.15, -0.1) is 0 Å². The summed E-state index contributed by atoms with van der Waals surface area (Å²) < 4.78 is 5.12. The Morgan fingerprint density at radius 2 is 2.11 bits per heavy atom. The van der Waals surface area contributed by atoms with Gasteiger partial charge in [0.05, 0.1) is 0 Å². The van der Waals surface area contributed by atoms with Crippen LogP contribution in [0.1, 0.15) is 27.2 Å². The maximum Gasteiger partial charge on any atom is 0.407 e. The van der Waals surface area contributed by atoms with E-state index in [9.17, 15) is 4.79 Å². The van der Waals surface area contributed by atoms with E-state index in [1.54, 1.807) is 0 Å². The summed E-state index contributed by atoms with van der Waals surface area (Å²) in [6.07, 6.45) is 4.76. The van der Waals surface area contributed by atoms with E-state index >= 15 is 0 Å². The zero-order valence-electron chi connectivity index (χ0n) is 11.6. The van der Waals surface area contributed by atoms with Crippen molar-refractivity contribution in [2.75, 3.05) is 26.2 Å². The summed E-state index contributed by atoms with van der Waals surface area (Å²) in [6.45, 7) is 9.03. The lowest BCUT2D eigenvalue weighted by atomic mass is 10.2. The van der Waals surface area contributed by atoms with E-state index in [1.807, 2.05) is 32.9 Å². The average Bonchev–Trinajstić information content (AvgIpc) is 2.73. The summed E-state index contributed by atoms with van der Waals surface area (Å²) in [6, 6.07) is 0.577. The Morgan fingerprint density at radius 3 is 2.72 bits per heavy atom. The third-order valence-electron chi connectivity index (χ3n) is 2.51. The molecule has 1 rings (SSSR count). The van der Waals surface area contributed by atoms with Crippen molar-refractivity contribution in [2.24, 2.45) is 0 Å². The molecule has 1 amide bonds. The van der Waals surface area contributed by atoms with E-state index in [1.165, 1.54) is 6.42 Å². The standard InChI is InChI=1S/C13H25N3O2/c1-13(2,3)18-12(17)16-8-5-4-7-15-11-6-9-14-10-11/h4-5,11,14-15H,6-10H2,1-3H3,(H,16,17)/b5-4+. The molecule has 1 atom stereocenters. The van der Waals surface area contributed by atoms with Gasteiger partial charge in [-0.2, -0.15) is 0 Å². The minimum Gasteiger partial charge on any atom is -0.444 e. The van der Waals surface area contributed by atoms with Gasteiger partial charge in [0.2, 0.25) is 0 Å². The van der Waals surface area contributed by atoms with Crippen LogP contribution in [0.25, 0.3) is 0 Å². The summed E-state index contributed by atoms with van der Waals surface area (Å²) in [5, 5.41) is 9.40. The van der Waals surface area contributed by atoms with Crippen molar-refractivity contribution in [3.05, 3.63) is 12.2 Å². The van der Waals surface area contributed by atoms with E-state index in [0.29, 0.717) is 12.6 Å². The molecule has 0 aromatic heterocycles.